The summed E-state index contributed by atoms with van der Waals surface area (Å²) in [6.07, 6.45) is 1.87. The van der Waals surface area contributed by atoms with Crippen molar-refractivity contribution in [3.63, 3.8) is 0 Å². The molecule has 0 aliphatic carbocycles. The number of methoxy groups -OCH3 is 2. The predicted octanol–water partition coefficient (Wildman–Crippen LogP) is 2.36. The molecule has 2 heterocycles. The molecule has 1 aromatic carbocycles. The van der Waals surface area contributed by atoms with E-state index in [-0.39, 0.29) is 0 Å². The number of hydrogen-bond acceptors (Lipinski definition) is 5. The van der Waals surface area contributed by atoms with Gasteiger partial charge in [-0.15, -0.1) is 0 Å². The molecule has 0 radical (unpaired) electrons. The van der Waals surface area contributed by atoms with Crippen LogP contribution in [0.25, 0.3) is 22.4 Å². The van der Waals surface area contributed by atoms with Crippen molar-refractivity contribution in [2.75, 3.05) is 14.2 Å². The maximum atomic E-state index is 5.33. The van der Waals surface area contributed by atoms with Crippen LogP contribution >= 0.6 is 0 Å². The number of aromatic nitrogens is 4. The van der Waals surface area contributed by atoms with Gasteiger partial charge in [-0.1, -0.05) is 0 Å². The molecule has 6 heteroatoms. The number of nitrogens with zero attached hydrogens (tertiary/aromatic N) is 4. The highest BCUT2D eigenvalue weighted by molar-refractivity contribution is 5.85. The minimum absolute atomic E-state index is 0.604. The van der Waals surface area contributed by atoms with Crippen LogP contribution in [0.4, 0.5) is 0 Å². The molecule has 21 heavy (non-hydrogen) atoms. The van der Waals surface area contributed by atoms with Gasteiger partial charge in [0.05, 0.1) is 19.7 Å². The van der Waals surface area contributed by atoms with Gasteiger partial charge in [-0.05, 0) is 19.1 Å². The first-order chi connectivity index (χ1) is 10.1. The lowest BCUT2D eigenvalue weighted by Crippen LogP contribution is -1.98. The number of fused-ring (bicyclic) bond motifs is 1. The van der Waals surface area contributed by atoms with E-state index in [9.17, 15) is 0 Å². The lowest BCUT2D eigenvalue weighted by atomic mass is 10.1. The van der Waals surface area contributed by atoms with Crippen LogP contribution < -0.4 is 9.47 Å². The molecule has 0 saturated heterocycles. The highest BCUT2D eigenvalue weighted by atomic mass is 16.5. The first-order valence-electron chi connectivity index (χ1n) is 6.52. The average Bonchev–Trinajstić information content (AvgIpc) is 2.92. The Labute approximate surface area is 122 Å². The Kier molecular flexibility index (Phi) is 3.21. The van der Waals surface area contributed by atoms with E-state index in [4.69, 9.17) is 9.47 Å². The lowest BCUT2D eigenvalue weighted by Gasteiger charge is -2.10. The van der Waals surface area contributed by atoms with Crippen molar-refractivity contribution in [1.82, 2.24) is 19.7 Å². The van der Waals surface area contributed by atoms with Crippen molar-refractivity contribution < 1.29 is 9.47 Å². The van der Waals surface area contributed by atoms with Gasteiger partial charge in [0.1, 0.15) is 5.69 Å². The van der Waals surface area contributed by atoms with Gasteiger partial charge in [-0.25, -0.2) is 9.97 Å². The zero-order chi connectivity index (χ0) is 15.0. The van der Waals surface area contributed by atoms with E-state index in [0.29, 0.717) is 17.3 Å². The molecule has 3 aromatic rings. The van der Waals surface area contributed by atoms with Crippen molar-refractivity contribution in [2.24, 2.45) is 7.05 Å². The molecule has 108 valence electrons. The summed E-state index contributed by atoms with van der Waals surface area (Å²) >= 11 is 0. The molecular formula is C15H16N4O2. The van der Waals surface area contributed by atoms with Crippen molar-refractivity contribution >= 4 is 10.9 Å². The minimum atomic E-state index is 0.604. The van der Waals surface area contributed by atoms with E-state index in [2.05, 4.69) is 15.1 Å². The van der Waals surface area contributed by atoms with E-state index in [1.54, 1.807) is 18.9 Å². The Balaban J connectivity index is 2.23. The van der Waals surface area contributed by atoms with E-state index in [1.165, 1.54) is 0 Å². The fourth-order valence-electron chi connectivity index (χ4n) is 2.26. The van der Waals surface area contributed by atoms with E-state index < -0.39 is 0 Å². The largest absolute Gasteiger partial charge is 0.493 e. The molecule has 0 unspecified atom stereocenters. The van der Waals surface area contributed by atoms with Crippen LogP contribution in [0, 0.1) is 6.92 Å². The molecule has 0 N–H and O–H groups in total. The Bertz CT molecular complexity index is 811. The van der Waals surface area contributed by atoms with Gasteiger partial charge in [0, 0.05) is 30.4 Å². The molecule has 6 nitrogen and oxygen atoms in total. The summed E-state index contributed by atoms with van der Waals surface area (Å²) in [6, 6.07) is 5.64. The topological polar surface area (TPSA) is 62.1 Å². The molecule has 0 saturated carbocycles. The molecule has 2 aromatic heterocycles. The van der Waals surface area contributed by atoms with Crippen LogP contribution in [0.3, 0.4) is 0 Å². The maximum absolute atomic E-state index is 5.33. The SMILES string of the molecule is COc1cc2nc(-c3ccn(C)n3)nc(C)c2cc1OC. The van der Waals surface area contributed by atoms with E-state index in [1.807, 2.05) is 38.4 Å². The zero-order valence-electron chi connectivity index (χ0n) is 12.4. The normalized spacial score (nSPS) is 10.9. The van der Waals surface area contributed by atoms with Gasteiger partial charge in [-0.2, -0.15) is 5.10 Å². The third-order valence-corrected chi connectivity index (χ3v) is 3.33. The fourth-order valence-corrected chi connectivity index (χ4v) is 2.26. The summed E-state index contributed by atoms with van der Waals surface area (Å²) in [6.45, 7) is 1.95. The summed E-state index contributed by atoms with van der Waals surface area (Å²) in [7, 11) is 5.09. The van der Waals surface area contributed by atoms with Gasteiger partial charge in [-0.3, -0.25) is 4.68 Å². The Morgan fingerprint density at radius 2 is 1.76 bits per heavy atom. The summed E-state index contributed by atoms with van der Waals surface area (Å²) in [4.78, 5) is 9.11. The molecule has 0 fully saturated rings. The molecule has 0 aliphatic rings. The van der Waals surface area contributed by atoms with Gasteiger partial charge in [0.15, 0.2) is 17.3 Å². The highest BCUT2D eigenvalue weighted by Gasteiger charge is 2.13. The van der Waals surface area contributed by atoms with Gasteiger partial charge in [0.25, 0.3) is 0 Å². The predicted molar refractivity (Wildman–Crippen MR) is 79.6 cm³/mol. The molecule has 0 spiro atoms. The third kappa shape index (κ3) is 2.29. The smallest absolute Gasteiger partial charge is 0.180 e. The van der Waals surface area contributed by atoms with Crippen molar-refractivity contribution in [2.45, 2.75) is 6.92 Å². The second kappa shape index (κ2) is 5.05. The van der Waals surface area contributed by atoms with Crippen molar-refractivity contribution in [1.29, 1.82) is 0 Å². The van der Waals surface area contributed by atoms with Crippen LogP contribution in [0.15, 0.2) is 24.4 Å². The molecule has 3 rings (SSSR count). The van der Waals surface area contributed by atoms with E-state index >= 15 is 0 Å². The fraction of sp³-hybridized carbons (Fsp3) is 0.267. The lowest BCUT2D eigenvalue weighted by molar-refractivity contribution is 0.355. The molecular weight excluding hydrogens is 268 g/mol. The Morgan fingerprint density at radius 3 is 2.38 bits per heavy atom. The van der Waals surface area contributed by atoms with Crippen molar-refractivity contribution in [3.8, 4) is 23.0 Å². The number of benzene rings is 1. The number of rotatable bonds is 3. The third-order valence-electron chi connectivity index (χ3n) is 3.33. The number of hydrogen-bond donors (Lipinski definition) is 0. The van der Waals surface area contributed by atoms with Gasteiger partial charge >= 0.3 is 0 Å². The van der Waals surface area contributed by atoms with E-state index in [0.717, 1.165) is 22.3 Å². The average molecular weight is 284 g/mol. The summed E-state index contributed by atoms with van der Waals surface area (Å²) in [5.74, 6) is 1.92. The summed E-state index contributed by atoms with van der Waals surface area (Å²) in [5, 5.41) is 5.28. The molecule has 0 aliphatic heterocycles. The number of ether oxygens (including phenoxy) is 2. The van der Waals surface area contributed by atoms with Crippen LogP contribution in [-0.2, 0) is 7.05 Å². The second-order valence-electron chi connectivity index (χ2n) is 4.73. The molecule has 0 atom stereocenters. The maximum Gasteiger partial charge on any atom is 0.180 e. The zero-order valence-corrected chi connectivity index (χ0v) is 12.4. The van der Waals surface area contributed by atoms with Gasteiger partial charge in [0.2, 0.25) is 0 Å². The highest BCUT2D eigenvalue weighted by Crippen LogP contribution is 2.33. The Hall–Kier alpha value is -2.63. The summed E-state index contributed by atoms with van der Waals surface area (Å²) in [5.41, 5.74) is 2.43. The first-order valence-corrected chi connectivity index (χ1v) is 6.52. The molecule has 0 bridgehead atoms. The first kappa shape index (κ1) is 13.4. The summed E-state index contributed by atoms with van der Waals surface area (Å²) < 4.78 is 12.4. The molecule has 0 amide bonds. The second-order valence-corrected chi connectivity index (χ2v) is 4.73. The standard InChI is InChI=1S/C15H16N4O2/c1-9-10-7-13(20-3)14(21-4)8-12(10)17-15(16-9)11-5-6-19(2)18-11/h5-8H,1-4H3. The van der Waals surface area contributed by atoms with Crippen LogP contribution in [0.2, 0.25) is 0 Å². The quantitative estimate of drug-likeness (QED) is 0.739. The van der Waals surface area contributed by atoms with Crippen molar-refractivity contribution in [3.05, 3.63) is 30.1 Å². The number of aryl methyl sites for hydroxylation is 2. The van der Waals surface area contributed by atoms with Crippen LogP contribution in [-0.4, -0.2) is 34.0 Å². The minimum Gasteiger partial charge on any atom is -0.493 e. The van der Waals surface area contributed by atoms with Crippen LogP contribution in [0.1, 0.15) is 5.69 Å². The monoisotopic (exact) mass is 284 g/mol. The van der Waals surface area contributed by atoms with Gasteiger partial charge < -0.3 is 9.47 Å². The Morgan fingerprint density at radius 1 is 1.05 bits per heavy atom. The van der Waals surface area contributed by atoms with Crippen LogP contribution in [0.5, 0.6) is 11.5 Å².